The van der Waals surface area contributed by atoms with E-state index in [1.807, 2.05) is 73.8 Å². The molecule has 0 aliphatic rings. The Balaban J connectivity index is 1.55. The number of pyridine rings is 1. The Morgan fingerprint density at radius 3 is 2.38 bits per heavy atom. The molecule has 3 aromatic carbocycles. The molecule has 0 aliphatic carbocycles. The second-order valence-electron chi connectivity index (χ2n) is 9.14. The van der Waals surface area contributed by atoms with Crippen molar-refractivity contribution in [1.82, 2.24) is 25.4 Å². The van der Waals surface area contributed by atoms with E-state index in [0.29, 0.717) is 21.8 Å². The molecule has 2 heterocycles. The maximum absolute atomic E-state index is 13.5. The smallest absolute Gasteiger partial charge is 0.268 e. The van der Waals surface area contributed by atoms with Gasteiger partial charge in [0.1, 0.15) is 11.4 Å². The number of aryl methyl sites for hydroxylation is 1. The average molecular weight is 548 g/mol. The minimum absolute atomic E-state index is 0.0808. The fourth-order valence-corrected chi connectivity index (χ4v) is 4.16. The van der Waals surface area contributed by atoms with Gasteiger partial charge in [0.2, 0.25) is 0 Å². The summed E-state index contributed by atoms with van der Waals surface area (Å²) in [4.78, 5) is 30.7. The van der Waals surface area contributed by atoms with Crippen LogP contribution in [0.2, 0.25) is 5.02 Å². The maximum Gasteiger partial charge on any atom is 0.268 e. The van der Waals surface area contributed by atoms with E-state index >= 15 is 0 Å². The normalized spacial score (nSPS) is 11.2. The average Bonchev–Trinajstić information content (AvgIpc) is 3.41. The molecule has 0 bridgehead atoms. The Kier molecular flexibility index (Phi) is 8.13. The van der Waals surface area contributed by atoms with Gasteiger partial charge >= 0.3 is 0 Å². The molecule has 5 aromatic rings. The van der Waals surface area contributed by atoms with E-state index in [1.165, 1.54) is 0 Å². The lowest BCUT2D eigenvalue weighted by Crippen LogP contribution is -2.34. The molecule has 7 nitrogen and oxygen atoms in total. The number of aromatic nitrogens is 3. The highest BCUT2D eigenvalue weighted by atomic mass is 35.5. The van der Waals surface area contributed by atoms with Gasteiger partial charge in [-0.2, -0.15) is 5.10 Å². The van der Waals surface area contributed by atoms with Crippen LogP contribution in [0.3, 0.4) is 0 Å². The van der Waals surface area contributed by atoms with Crippen LogP contribution in [-0.2, 0) is 11.3 Å². The molecular formula is C32H26ClN5O2. The Bertz CT molecular complexity index is 1650. The van der Waals surface area contributed by atoms with E-state index in [0.717, 1.165) is 22.4 Å². The van der Waals surface area contributed by atoms with Gasteiger partial charge in [-0.25, -0.2) is 4.68 Å². The standard InChI is InChI=1S/C32H26ClN5O2/c1-22-9-11-25(12-10-22)31(39)36-29(32(40)35-20-23-6-5-17-34-19-23)18-26-21-38(28-7-3-2-4-8-28)37-30(26)24-13-15-27(33)16-14-24/h2-19,21H,20H2,1H3,(H,35,40)(H,36,39)/b29-18+. The zero-order chi connectivity index (χ0) is 27.9. The molecule has 0 saturated carbocycles. The van der Waals surface area contributed by atoms with Gasteiger partial charge in [0.25, 0.3) is 11.8 Å². The summed E-state index contributed by atoms with van der Waals surface area (Å²) in [5, 5.41) is 11.1. The van der Waals surface area contributed by atoms with Crippen molar-refractivity contribution in [2.75, 3.05) is 0 Å². The van der Waals surface area contributed by atoms with Gasteiger partial charge in [-0.3, -0.25) is 14.6 Å². The summed E-state index contributed by atoms with van der Waals surface area (Å²) in [7, 11) is 0. The second kappa shape index (κ2) is 12.2. The van der Waals surface area contributed by atoms with Crippen molar-refractivity contribution in [3.05, 3.63) is 143 Å². The van der Waals surface area contributed by atoms with Crippen LogP contribution < -0.4 is 10.6 Å². The summed E-state index contributed by atoms with van der Waals surface area (Å²) in [5.74, 6) is -0.842. The van der Waals surface area contributed by atoms with E-state index in [1.54, 1.807) is 53.5 Å². The molecule has 2 N–H and O–H groups in total. The number of rotatable bonds is 8. The molecule has 40 heavy (non-hydrogen) atoms. The van der Waals surface area contributed by atoms with Crippen molar-refractivity contribution in [2.45, 2.75) is 13.5 Å². The molecule has 0 saturated heterocycles. The minimum atomic E-state index is -0.446. The van der Waals surface area contributed by atoms with Gasteiger partial charge < -0.3 is 10.6 Å². The van der Waals surface area contributed by atoms with Crippen LogP contribution in [0.1, 0.15) is 27.0 Å². The first kappa shape index (κ1) is 26.6. The number of para-hydroxylation sites is 1. The lowest BCUT2D eigenvalue weighted by molar-refractivity contribution is -0.117. The van der Waals surface area contributed by atoms with Crippen LogP contribution in [0.4, 0.5) is 0 Å². The van der Waals surface area contributed by atoms with Crippen LogP contribution in [0, 0.1) is 6.92 Å². The first-order valence-electron chi connectivity index (χ1n) is 12.6. The molecule has 0 fully saturated rings. The molecule has 2 amide bonds. The van der Waals surface area contributed by atoms with Crippen molar-refractivity contribution in [1.29, 1.82) is 0 Å². The molecule has 0 spiro atoms. The molecule has 5 rings (SSSR count). The van der Waals surface area contributed by atoms with Crippen molar-refractivity contribution in [3.8, 4) is 16.9 Å². The number of hydrogen-bond acceptors (Lipinski definition) is 4. The second-order valence-corrected chi connectivity index (χ2v) is 9.58. The topological polar surface area (TPSA) is 88.9 Å². The first-order chi connectivity index (χ1) is 19.5. The quantitative estimate of drug-likeness (QED) is 0.234. The first-order valence-corrected chi connectivity index (χ1v) is 13.0. The van der Waals surface area contributed by atoms with Crippen molar-refractivity contribution < 1.29 is 9.59 Å². The number of nitrogens with zero attached hydrogens (tertiary/aromatic N) is 3. The lowest BCUT2D eigenvalue weighted by Gasteiger charge is -2.11. The monoisotopic (exact) mass is 547 g/mol. The molecule has 0 atom stereocenters. The molecule has 0 unspecified atom stereocenters. The number of carbonyl (C=O) groups is 2. The summed E-state index contributed by atoms with van der Waals surface area (Å²) < 4.78 is 1.74. The van der Waals surface area contributed by atoms with Crippen molar-refractivity contribution in [3.63, 3.8) is 0 Å². The fourth-order valence-electron chi connectivity index (χ4n) is 4.03. The number of amides is 2. The van der Waals surface area contributed by atoms with Crippen LogP contribution in [0.15, 0.2) is 115 Å². The largest absolute Gasteiger partial charge is 0.347 e. The summed E-state index contributed by atoms with van der Waals surface area (Å²) in [6, 6.07) is 27.8. The van der Waals surface area contributed by atoms with E-state index in [9.17, 15) is 9.59 Å². The Labute approximate surface area is 237 Å². The highest BCUT2D eigenvalue weighted by molar-refractivity contribution is 6.30. The van der Waals surface area contributed by atoms with E-state index < -0.39 is 11.8 Å². The number of carbonyl (C=O) groups excluding carboxylic acids is 2. The predicted molar refractivity (Wildman–Crippen MR) is 157 cm³/mol. The Hall–Kier alpha value is -5.01. The third kappa shape index (κ3) is 6.51. The van der Waals surface area contributed by atoms with Gasteiger partial charge in [-0.05, 0) is 61.0 Å². The van der Waals surface area contributed by atoms with E-state index in [4.69, 9.17) is 16.7 Å². The van der Waals surface area contributed by atoms with E-state index in [-0.39, 0.29) is 12.2 Å². The summed E-state index contributed by atoms with van der Waals surface area (Å²) in [6.45, 7) is 2.19. The summed E-state index contributed by atoms with van der Waals surface area (Å²) in [6.07, 6.45) is 6.81. The molecule has 2 aromatic heterocycles. The third-order valence-electron chi connectivity index (χ3n) is 6.16. The van der Waals surface area contributed by atoms with Crippen LogP contribution in [-0.4, -0.2) is 26.6 Å². The zero-order valence-electron chi connectivity index (χ0n) is 21.7. The Morgan fingerprint density at radius 2 is 1.68 bits per heavy atom. The van der Waals surface area contributed by atoms with Crippen LogP contribution >= 0.6 is 11.6 Å². The summed E-state index contributed by atoms with van der Waals surface area (Å²) in [5.41, 5.74) is 5.31. The van der Waals surface area contributed by atoms with Gasteiger partial charge in [0.15, 0.2) is 0 Å². The molecular weight excluding hydrogens is 522 g/mol. The van der Waals surface area contributed by atoms with Crippen molar-refractivity contribution in [2.24, 2.45) is 0 Å². The highest BCUT2D eigenvalue weighted by Crippen LogP contribution is 2.27. The SMILES string of the molecule is Cc1ccc(C(=O)N/C(=C/c2cn(-c3ccccc3)nc2-c2ccc(Cl)cc2)C(=O)NCc2cccnc2)cc1. The van der Waals surface area contributed by atoms with Crippen LogP contribution in [0.5, 0.6) is 0 Å². The van der Waals surface area contributed by atoms with Gasteiger partial charge in [0.05, 0.1) is 5.69 Å². The zero-order valence-corrected chi connectivity index (χ0v) is 22.5. The fraction of sp³-hybridized carbons (Fsp3) is 0.0625. The lowest BCUT2D eigenvalue weighted by atomic mass is 10.1. The molecule has 8 heteroatoms. The number of halogens is 1. The molecule has 198 valence electrons. The minimum Gasteiger partial charge on any atom is -0.347 e. The third-order valence-corrected chi connectivity index (χ3v) is 6.42. The highest BCUT2D eigenvalue weighted by Gasteiger charge is 2.18. The van der Waals surface area contributed by atoms with Gasteiger partial charge in [-0.15, -0.1) is 0 Å². The predicted octanol–water partition coefficient (Wildman–Crippen LogP) is 5.98. The van der Waals surface area contributed by atoms with Gasteiger partial charge in [-0.1, -0.05) is 65.7 Å². The summed E-state index contributed by atoms with van der Waals surface area (Å²) >= 11 is 6.13. The number of benzene rings is 3. The Morgan fingerprint density at radius 1 is 0.925 bits per heavy atom. The van der Waals surface area contributed by atoms with Crippen molar-refractivity contribution >= 4 is 29.5 Å². The molecule has 0 aliphatic heterocycles. The molecule has 0 radical (unpaired) electrons. The maximum atomic E-state index is 13.5. The van der Waals surface area contributed by atoms with Gasteiger partial charge in [0, 0.05) is 46.8 Å². The van der Waals surface area contributed by atoms with E-state index in [2.05, 4.69) is 15.6 Å². The number of hydrogen-bond donors (Lipinski definition) is 2. The number of nitrogens with one attached hydrogen (secondary N) is 2. The van der Waals surface area contributed by atoms with Crippen LogP contribution in [0.25, 0.3) is 23.0 Å².